The normalized spacial score (nSPS) is 11.7. The first-order valence-corrected chi connectivity index (χ1v) is 10.2. The molecule has 0 aliphatic carbocycles. The molecule has 1 atom stereocenters. The van der Waals surface area contributed by atoms with E-state index in [1.54, 1.807) is 60.0 Å². The Morgan fingerprint density at radius 2 is 1.90 bits per heavy atom. The fourth-order valence-electron chi connectivity index (χ4n) is 2.76. The van der Waals surface area contributed by atoms with Crippen molar-refractivity contribution in [3.05, 3.63) is 72.6 Å². The van der Waals surface area contributed by atoms with Gasteiger partial charge in [-0.05, 0) is 50.2 Å². The average molecular weight is 425 g/mol. The van der Waals surface area contributed by atoms with Crippen LogP contribution in [0.4, 0.5) is 10.1 Å². The molecule has 0 fully saturated rings. The maximum atomic E-state index is 14.2. The van der Waals surface area contributed by atoms with Crippen LogP contribution in [0.3, 0.4) is 0 Å². The maximum Gasteiger partial charge on any atom is 0.237 e. The van der Waals surface area contributed by atoms with Crippen molar-refractivity contribution in [3.63, 3.8) is 0 Å². The van der Waals surface area contributed by atoms with E-state index in [0.717, 1.165) is 0 Å². The number of anilines is 1. The van der Waals surface area contributed by atoms with Crippen molar-refractivity contribution in [2.45, 2.75) is 30.8 Å². The predicted molar refractivity (Wildman–Crippen MR) is 116 cm³/mol. The minimum Gasteiger partial charge on any atom is -0.325 e. The summed E-state index contributed by atoms with van der Waals surface area (Å²) in [5.41, 5.74) is 1.51. The van der Waals surface area contributed by atoms with Crippen LogP contribution in [0.25, 0.3) is 11.4 Å². The van der Waals surface area contributed by atoms with E-state index in [1.807, 2.05) is 0 Å². The Morgan fingerprint density at radius 1 is 1.20 bits per heavy atom. The van der Waals surface area contributed by atoms with E-state index in [-0.39, 0.29) is 11.7 Å². The number of hydrogen-bond acceptors (Lipinski definition) is 5. The molecule has 2 aromatic carbocycles. The van der Waals surface area contributed by atoms with E-state index in [9.17, 15) is 14.0 Å². The highest BCUT2D eigenvalue weighted by molar-refractivity contribution is 8.00. The monoisotopic (exact) mass is 424 g/mol. The van der Waals surface area contributed by atoms with Crippen LogP contribution in [-0.2, 0) is 11.3 Å². The molecule has 1 aromatic heterocycles. The van der Waals surface area contributed by atoms with Gasteiger partial charge in [0.05, 0.1) is 10.8 Å². The summed E-state index contributed by atoms with van der Waals surface area (Å²) in [6.45, 7) is 7.35. The third-order valence-electron chi connectivity index (χ3n) is 4.35. The summed E-state index contributed by atoms with van der Waals surface area (Å²) in [6.07, 6.45) is 1.67. The second-order valence-corrected chi connectivity index (χ2v) is 7.88. The largest absolute Gasteiger partial charge is 0.325 e. The van der Waals surface area contributed by atoms with Crippen LogP contribution in [0.1, 0.15) is 24.2 Å². The molecule has 0 saturated carbocycles. The number of nitrogens with zero attached hydrogens (tertiary/aromatic N) is 3. The maximum absolute atomic E-state index is 14.2. The number of hydrogen-bond donors (Lipinski definition) is 1. The number of carbonyl (C=O) groups is 2. The summed E-state index contributed by atoms with van der Waals surface area (Å²) in [7, 11) is 0. The van der Waals surface area contributed by atoms with Crippen molar-refractivity contribution in [1.82, 2.24) is 14.8 Å². The first kappa shape index (κ1) is 21.4. The molecule has 0 radical (unpaired) electrons. The molecule has 30 heavy (non-hydrogen) atoms. The van der Waals surface area contributed by atoms with Gasteiger partial charge >= 0.3 is 0 Å². The van der Waals surface area contributed by atoms with Crippen molar-refractivity contribution in [1.29, 1.82) is 0 Å². The Bertz CT molecular complexity index is 1080. The van der Waals surface area contributed by atoms with E-state index in [4.69, 9.17) is 0 Å². The number of thioether (sulfide) groups is 1. The summed E-state index contributed by atoms with van der Waals surface area (Å²) in [4.78, 5) is 24.0. The van der Waals surface area contributed by atoms with Gasteiger partial charge in [-0.3, -0.25) is 14.2 Å². The van der Waals surface area contributed by atoms with E-state index in [2.05, 4.69) is 22.1 Å². The topological polar surface area (TPSA) is 76.9 Å². The third-order valence-corrected chi connectivity index (χ3v) is 5.43. The zero-order valence-electron chi connectivity index (χ0n) is 16.6. The molecule has 1 unspecified atom stereocenters. The summed E-state index contributed by atoms with van der Waals surface area (Å²) >= 11 is 1.22. The van der Waals surface area contributed by atoms with Gasteiger partial charge in [0.2, 0.25) is 5.91 Å². The fourth-order valence-corrected chi connectivity index (χ4v) is 3.61. The number of Topliss-reactive ketones (excluding diaryl/α,β-unsaturated/α-hetero) is 1. The van der Waals surface area contributed by atoms with E-state index in [0.29, 0.717) is 34.3 Å². The summed E-state index contributed by atoms with van der Waals surface area (Å²) < 4.78 is 15.9. The molecule has 0 bridgehead atoms. The Labute approximate surface area is 178 Å². The Morgan fingerprint density at radius 3 is 2.53 bits per heavy atom. The van der Waals surface area contributed by atoms with Gasteiger partial charge < -0.3 is 5.32 Å². The zero-order valence-corrected chi connectivity index (χ0v) is 17.4. The summed E-state index contributed by atoms with van der Waals surface area (Å²) in [6, 6.07) is 13.0. The molecule has 0 aliphatic rings. The number of carbonyl (C=O) groups excluding carboxylic acids is 2. The molecule has 154 valence electrons. The van der Waals surface area contributed by atoms with E-state index >= 15 is 0 Å². The lowest BCUT2D eigenvalue weighted by molar-refractivity contribution is -0.115. The molecule has 1 heterocycles. The van der Waals surface area contributed by atoms with Crippen molar-refractivity contribution in [2.24, 2.45) is 0 Å². The molecular weight excluding hydrogens is 403 g/mol. The second-order valence-electron chi connectivity index (χ2n) is 6.57. The molecule has 0 saturated heterocycles. The van der Waals surface area contributed by atoms with Crippen LogP contribution < -0.4 is 5.32 Å². The quantitative estimate of drug-likeness (QED) is 0.325. The highest BCUT2D eigenvalue weighted by Gasteiger charge is 2.21. The van der Waals surface area contributed by atoms with E-state index in [1.165, 1.54) is 24.8 Å². The first-order valence-electron chi connectivity index (χ1n) is 9.28. The Balaban J connectivity index is 1.76. The molecule has 0 spiro atoms. The average Bonchev–Trinajstić information content (AvgIpc) is 3.11. The first-order chi connectivity index (χ1) is 14.4. The molecular formula is C22H21FN4O2S. The van der Waals surface area contributed by atoms with Crippen LogP contribution in [0, 0.1) is 5.82 Å². The van der Waals surface area contributed by atoms with Crippen LogP contribution in [0.2, 0.25) is 0 Å². The third kappa shape index (κ3) is 4.83. The molecule has 3 aromatic rings. The molecule has 0 aliphatic heterocycles. The van der Waals surface area contributed by atoms with Gasteiger partial charge in [-0.1, -0.05) is 30.0 Å². The van der Waals surface area contributed by atoms with Gasteiger partial charge in [0, 0.05) is 17.8 Å². The Hall–Kier alpha value is -3.26. The van der Waals surface area contributed by atoms with Crippen molar-refractivity contribution < 1.29 is 14.0 Å². The summed E-state index contributed by atoms with van der Waals surface area (Å²) in [5.74, 6) is -0.283. The molecule has 8 heteroatoms. The number of rotatable bonds is 8. The van der Waals surface area contributed by atoms with E-state index < -0.39 is 11.1 Å². The smallest absolute Gasteiger partial charge is 0.237 e. The summed E-state index contributed by atoms with van der Waals surface area (Å²) in [5, 5.41) is 11.1. The SMILES string of the molecule is C=CCn1c(SC(C)C(=O)Nc2ccc(C(C)=O)cc2)nnc1-c1ccccc1F. The predicted octanol–water partition coefficient (Wildman–Crippen LogP) is 4.59. The molecule has 3 rings (SSSR count). The fraction of sp³-hybridized carbons (Fsp3) is 0.182. The van der Waals surface area contributed by atoms with Gasteiger partial charge in [0.1, 0.15) is 5.82 Å². The molecule has 6 nitrogen and oxygen atoms in total. The number of nitrogens with one attached hydrogen (secondary N) is 1. The Kier molecular flexibility index (Phi) is 6.79. The standard InChI is InChI=1S/C22H21FN4O2S/c1-4-13-27-20(18-7-5-6-8-19(18)23)25-26-22(27)30-15(3)21(29)24-17-11-9-16(10-12-17)14(2)28/h4-12,15H,1,13H2,2-3H3,(H,24,29). The number of halogens is 1. The zero-order chi connectivity index (χ0) is 21.7. The second kappa shape index (κ2) is 9.49. The van der Waals surface area contributed by atoms with Crippen molar-refractivity contribution in [2.75, 3.05) is 5.32 Å². The lowest BCUT2D eigenvalue weighted by Crippen LogP contribution is -2.23. The number of allylic oxidation sites excluding steroid dienone is 1. The number of ketones is 1. The van der Waals surface area contributed by atoms with Crippen molar-refractivity contribution >= 4 is 29.1 Å². The minimum absolute atomic E-state index is 0.0380. The number of amides is 1. The van der Waals surface area contributed by atoms with Crippen LogP contribution in [-0.4, -0.2) is 31.7 Å². The molecule has 1 amide bonds. The van der Waals surface area contributed by atoms with Gasteiger partial charge in [-0.2, -0.15) is 0 Å². The van der Waals surface area contributed by atoms with Gasteiger partial charge in [0.15, 0.2) is 16.8 Å². The van der Waals surface area contributed by atoms with Crippen LogP contribution >= 0.6 is 11.8 Å². The number of benzene rings is 2. The van der Waals surface area contributed by atoms with Crippen molar-refractivity contribution in [3.8, 4) is 11.4 Å². The van der Waals surface area contributed by atoms with Gasteiger partial charge in [0.25, 0.3) is 0 Å². The lowest BCUT2D eigenvalue weighted by atomic mass is 10.1. The van der Waals surface area contributed by atoms with Gasteiger partial charge in [-0.25, -0.2) is 4.39 Å². The highest BCUT2D eigenvalue weighted by atomic mass is 32.2. The van der Waals surface area contributed by atoms with Crippen LogP contribution in [0.15, 0.2) is 66.3 Å². The number of aromatic nitrogens is 3. The highest BCUT2D eigenvalue weighted by Crippen LogP contribution is 2.28. The molecule has 1 N–H and O–H groups in total. The van der Waals surface area contributed by atoms with Crippen LogP contribution in [0.5, 0.6) is 0 Å². The lowest BCUT2D eigenvalue weighted by Gasteiger charge is -2.13. The minimum atomic E-state index is -0.487. The van der Waals surface area contributed by atoms with Gasteiger partial charge in [-0.15, -0.1) is 16.8 Å².